The van der Waals surface area contributed by atoms with E-state index in [9.17, 15) is 34.5 Å². The van der Waals surface area contributed by atoms with E-state index >= 15 is 0 Å². The summed E-state index contributed by atoms with van der Waals surface area (Å²) in [5.41, 5.74) is 6.12. The molecule has 8 N–H and O–H groups in total. The SMILES string of the molecule is CC(NC(=O)C(N)CS)C(=O)NC(Cc1ccc(O)cc1)C(=O)NC(C(=O)O)C(C)O. The Labute approximate surface area is 184 Å². The summed E-state index contributed by atoms with van der Waals surface area (Å²) in [6.45, 7) is 2.60. The summed E-state index contributed by atoms with van der Waals surface area (Å²) in [5.74, 6) is -3.52. The van der Waals surface area contributed by atoms with Crippen molar-refractivity contribution in [1.82, 2.24) is 16.0 Å². The highest BCUT2D eigenvalue weighted by Gasteiger charge is 2.31. The van der Waals surface area contributed by atoms with Gasteiger partial charge in [0.2, 0.25) is 17.7 Å². The minimum absolute atomic E-state index is 0.00527. The molecule has 0 aliphatic carbocycles. The predicted molar refractivity (Wildman–Crippen MR) is 114 cm³/mol. The first kappa shape index (κ1) is 26.2. The Bertz CT molecular complexity index is 788. The van der Waals surface area contributed by atoms with Crippen molar-refractivity contribution in [1.29, 1.82) is 0 Å². The van der Waals surface area contributed by atoms with Crippen LogP contribution in [0, 0.1) is 0 Å². The number of carboxylic acid groups (broad SMARTS) is 1. The second kappa shape index (κ2) is 12.1. The standard InChI is InChI=1S/C19H28N4O7S/c1-9(21-17(27)13(20)8-31)16(26)22-14(7-11-3-5-12(25)6-4-11)18(28)23-15(10(2)24)19(29)30/h3-6,9-10,13-15,24-25,31H,7-8,20H2,1-2H3,(H,21,27)(H,22,26)(H,23,28)(H,29,30). The van der Waals surface area contributed by atoms with Crippen LogP contribution in [0.2, 0.25) is 0 Å². The molecule has 1 rings (SSSR count). The molecule has 11 nitrogen and oxygen atoms in total. The molecule has 31 heavy (non-hydrogen) atoms. The van der Waals surface area contributed by atoms with Crippen LogP contribution in [0.1, 0.15) is 19.4 Å². The van der Waals surface area contributed by atoms with E-state index in [0.717, 1.165) is 0 Å². The van der Waals surface area contributed by atoms with Gasteiger partial charge in [0.25, 0.3) is 0 Å². The number of hydrogen-bond donors (Lipinski definition) is 8. The van der Waals surface area contributed by atoms with E-state index in [0.29, 0.717) is 5.56 Å². The average Bonchev–Trinajstić information content (AvgIpc) is 2.71. The third kappa shape index (κ3) is 8.44. The first-order valence-electron chi connectivity index (χ1n) is 9.42. The molecule has 5 unspecified atom stereocenters. The summed E-state index contributed by atoms with van der Waals surface area (Å²) >= 11 is 3.91. The lowest BCUT2D eigenvalue weighted by Crippen LogP contribution is -2.58. The van der Waals surface area contributed by atoms with Gasteiger partial charge >= 0.3 is 5.97 Å². The van der Waals surface area contributed by atoms with Gasteiger partial charge in [0.05, 0.1) is 12.1 Å². The number of phenolic OH excluding ortho intramolecular Hbond substituents is 1. The monoisotopic (exact) mass is 456 g/mol. The number of aromatic hydroxyl groups is 1. The van der Waals surface area contributed by atoms with Crippen molar-refractivity contribution in [3.05, 3.63) is 29.8 Å². The van der Waals surface area contributed by atoms with E-state index in [4.69, 9.17) is 5.73 Å². The molecule has 0 spiro atoms. The molecule has 1 aromatic carbocycles. The fourth-order valence-electron chi connectivity index (χ4n) is 2.49. The molecule has 0 heterocycles. The van der Waals surface area contributed by atoms with Crippen LogP contribution in [-0.2, 0) is 25.6 Å². The van der Waals surface area contributed by atoms with Gasteiger partial charge in [-0.15, -0.1) is 0 Å². The molecule has 3 amide bonds. The summed E-state index contributed by atoms with van der Waals surface area (Å²) in [6, 6.07) is 1.07. The summed E-state index contributed by atoms with van der Waals surface area (Å²) in [4.78, 5) is 48.4. The number of nitrogens with two attached hydrogens (primary N) is 1. The fourth-order valence-corrected chi connectivity index (χ4v) is 2.65. The van der Waals surface area contributed by atoms with Gasteiger partial charge in [-0.2, -0.15) is 12.6 Å². The second-order valence-electron chi connectivity index (χ2n) is 7.02. The molecule has 172 valence electrons. The average molecular weight is 457 g/mol. The number of rotatable bonds is 11. The van der Waals surface area contributed by atoms with Crippen molar-refractivity contribution in [3.63, 3.8) is 0 Å². The molecule has 0 bridgehead atoms. The Morgan fingerprint density at radius 3 is 2.06 bits per heavy atom. The smallest absolute Gasteiger partial charge is 0.328 e. The summed E-state index contributed by atoms with van der Waals surface area (Å²) < 4.78 is 0. The van der Waals surface area contributed by atoms with E-state index in [2.05, 4.69) is 28.6 Å². The van der Waals surface area contributed by atoms with Gasteiger partial charge in [-0.05, 0) is 31.5 Å². The lowest BCUT2D eigenvalue weighted by molar-refractivity contribution is -0.145. The molecule has 0 fully saturated rings. The quantitative estimate of drug-likeness (QED) is 0.178. The van der Waals surface area contributed by atoms with E-state index in [1.165, 1.54) is 38.1 Å². The Balaban J connectivity index is 2.99. The van der Waals surface area contributed by atoms with Crippen LogP contribution in [0.4, 0.5) is 0 Å². The molecule has 0 saturated heterocycles. The number of nitrogens with one attached hydrogen (secondary N) is 3. The summed E-state index contributed by atoms with van der Waals surface area (Å²) in [5, 5.41) is 35.2. The Morgan fingerprint density at radius 1 is 1.00 bits per heavy atom. The van der Waals surface area contributed by atoms with Gasteiger partial charge in [0.1, 0.15) is 17.8 Å². The van der Waals surface area contributed by atoms with Gasteiger partial charge in [-0.3, -0.25) is 14.4 Å². The van der Waals surface area contributed by atoms with Crippen LogP contribution in [0.15, 0.2) is 24.3 Å². The normalized spacial score (nSPS) is 15.6. The topological polar surface area (TPSA) is 191 Å². The lowest BCUT2D eigenvalue weighted by Gasteiger charge is -2.24. The van der Waals surface area contributed by atoms with Crippen molar-refractivity contribution in [2.75, 3.05) is 5.75 Å². The second-order valence-corrected chi connectivity index (χ2v) is 7.38. The van der Waals surface area contributed by atoms with Gasteiger partial charge in [0, 0.05) is 12.2 Å². The van der Waals surface area contributed by atoms with E-state index < -0.39 is 54.0 Å². The molecule has 0 radical (unpaired) electrons. The van der Waals surface area contributed by atoms with E-state index in [-0.39, 0.29) is 17.9 Å². The molecule has 1 aromatic rings. The van der Waals surface area contributed by atoms with Crippen molar-refractivity contribution < 1.29 is 34.5 Å². The molecule has 0 aliphatic rings. The van der Waals surface area contributed by atoms with Gasteiger partial charge < -0.3 is 37.0 Å². The zero-order valence-corrected chi connectivity index (χ0v) is 18.0. The maximum Gasteiger partial charge on any atom is 0.328 e. The van der Waals surface area contributed by atoms with Crippen LogP contribution in [0.25, 0.3) is 0 Å². The van der Waals surface area contributed by atoms with Crippen molar-refractivity contribution in [2.45, 2.75) is 50.5 Å². The number of benzene rings is 1. The summed E-state index contributed by atoms with van der Waals surface area (Å²) in [7, 11) is 0. The minimum atomic E-state index is -1.59. The number of aliphatic carboxylic acids is 1. The number of carboxylic acids is 1. The van der Waals surface area contributed by atoms with Crippen LogP contribution in [0.3, 0.4) is 0 Å². The molecule has 5 atom stereocenters. The number of phenols is 1. The highest BCUT2D eigenvalue weighted by atomic mass is 32.1. The molecular weight excluding hydrogens is 428 g/mol. The summed E-state index contributed by atoms with van der Waals surface area (Å²) in [6.07, 6.45) is -1.42. The van der Waals surface area contributed by atoms with Crippen LogP contribution >= 0.6 is 12.6 Å². The maximum atomic E-state index is 12.7. The number of aliphatic hydroxyl groups is 1. The van der Waals surface area contributed by atoms with Crippen molar-refractivity contribution in [3.8, 4) is 5.75 Å². The lowest BCUT2D eigenvalue weighted by atomic mass is 10.0. The van der Waals surface area contributed by atoms with E-state index in [1.54, 1.807) is 0 Å². The van der Waals surface area contributed by atoms with Crippen LogP contribution < -0.4 is 21.7 Å². The number of carbonyl (C=O) groups excluding carboxylic acids is 3. The molecule has 0 aromatic heterocycles. The molecular formula is C19H28N4O7S. The van der Waals surface area contributed by atoms with Gasteiger partial charge in [0.15, 0.2) is 6.04 Å². The predicted octanol–water partition coefficient (Wildman–Crippen LogP) is -1.87. The minimum Gasteiger partial charge on any atom is -0.508 e. The first-order valence-corrected chi connectivity index (χ1v) is 10.1. The molecule has 12 heteroatoms. The van der Waals surface area contributed by atoms with Gasteiger partial charge in [-0.1, -0.05) is 12.1 Å². The number of thiol groups is 1. The van der Waals surface area contributed by atoms with Crippen LogP contribution in [0.5, 0.6) is 5.75 Å². The Kier molecular flexibility index (Phi) is 10.3. The highest BCUT2D eigenvalue weighted by Crippen LogP contribution is 2.12. The number of aliphatic hydroxyl groups excluding tert-OH is 1. The largest absolute Gasteiger partial charge is 0.508 e. The van der Waals surface area contributed by atoms with E-state index in [1.807, 2.05) is 0 Å². The van der Waals surface area contributed by atoms with Crippen molar-refractivity contribution in [2.24, 2.45) is 5.73 Å². The fraction of sp³-hybridized carbons (Fsp3) is 0.474. The number of carbonyl (C=O) groups is 4. The zero-order valence-electron chi connectivity index (χ0n) is 17.1. The van der Waals surface area contributed by atoms with Crippen LogP contribution in [-0.4, -0.2) is 75.0 Å². The highest BCUT2D eigenvalue weighted by molar-refractivity contribution is 7.80. The number of hydrogen-bond acceptors (Lipinski definition) is 8. The van der Waals surface area contributed by atoms with Crippen molar-refractivity contribution >= 4 is 36.3 Å². The zero-order chi connectivity index (χ0) is 23.7. The molecule has 0 aliphatic heterocycles. The number of amides is 3. The third-order valence-corrected chi connectivity index (χ3v) is 4.73. The van der Waals surface area contributed by atoms with Gasteiger partial charge in [-0.25, -0.2) is 4.79 Å². The molecule has 0 saturated carbocycles. The third-order valence-electron chi connectivity index (χ3n) is 4.34. The Morgan fingerprint density at radius 2 is 1.58 bits per heavy atom. The maximum absolute atomic E-state index is 12.7. The Hall–Kier alpha value is -2.83. The first-order chi connectivity index (χ1) is 14.5.